The minimum atomic E-state index is 0.708. The summed E-state index contributed by atoms with van der Waals surface area (Å²) in [5.41, 5.74) is 4.25. The van der Waals surface area contributed by atoms with E-state index in [-0.39, 0.29) is 0 Å². The quantitative estimate of drug-likeness (QED) is 0.682. The Balaban J connectivity index is 1.90. The Morgan fingerprint density at radius 1 is 0.875 bits per heavy atom. The molecule has 0 aliphatic rings. The molecule has 3 rings (SSSR count). The summed E-state index contributed by atoms with van der Waals surface area (Å²) in [6.07, 6.45) is 0. The lowest BCUT2D eigenvalue weighted by molar-refractivity contribution is 0.355. The molecule has 5 heteroatoms. The van der Waals surface area contributed by atoms with Crippen molar-refractivity contribution in [2.75, 3.05) is 33.2 Å². The van der Waals surface area contributed by atoms with Gasteiger partial charge in [-0.1, -0.05) is 0 Å². The number of aromatic nitrogens is 1. The van der Waals surface area contributed by atoms with Crippen LogP contribution in [0.25, 0.3) is 21.8 Å². The number of nitrogens with zero attached hydrogens (tertiary/aromatic N) is 2. The lowest BCUT2D eigenvalue weighted by Crippen LogP contribution is -2.07. The Morgan fingerprint density at radius 2 is 1.54 bits per heavy atom. The van der Waals surface area contributed by atoms with Crippen LogP contribution in [0, 0.1) is 0 Å². The second-order valence-electron chi connectivity index (χ2n) is 5.55. The highest BCUT2D eigenvalue weighted by Crippen LogP contribution is 2.34. The van der Waals surface area contributed by atoms with E-state index in [0.717, 1.165) is 27.6 Å². The molecule has 0 N–H and O–H groups in total. The fourth-order valence-corrected chi connectivity index (χ4v) is 3.27. The average Bonchev–Trinajstić information content (AvgIpc) is 3.11. The number of ether oxygens (including phenoxy) is 2. The topological polar surface area (TPSA) is 34.6 Å². The van der Waals surface area contributed by atoms with Crippen molar-refractivity contribution >= 4 is 17.0 Å². The van der Waals surface area contributed by atoms with Crippen LogP contribution in [0.3, 0.4) is 0 Å². The van der Waals surface area contributed by atoms with Gasteiger partial charge in [0.25, 0.3) is 0 Å². The molecule has 1 heterocycles. The molecule has 0 unspecified atom stereocenters. The van der Waals surface area contributed by atoms with Crippen LogP contribution in [0.15, 0.2) is 47.8 Å². The van der Waals surface area contributed by atoms with Crippen LogP contribution in [0.2, 0.25) is 0 Å². The van der Waals surface area contributed by atoms with Gasteiger partial charge in [-0.05, 0) is 42.5 Å². The highest BCUT2D eigenvalue weighted by Gasteiger charge is 2.10. The van der Waals surface area contributed by atoms with E-state index in [2.05, 4.69) is 34.5 Å². The monoisotopic (exact) mass is 340 g/mol. The predicted molar refractivity (Wildman–Crippen MR) is 100 cm³/mol. The zero-order valence-corrected chi connectivity index (χ0v) is 15.1. The van der Waals surface area contributed by atoms with Crippen LogP contribution in [-0.4, -0.2) is 33.3 Å². The van der Waals surface area contributed by atoms with Gasteiger partial charge in [0.1, 0.15) is 5.01 Å². The highest BCUT2D eigenvalue weighted by atomic mass is 32.1. The first kappa shape index (κ1) is 16.3. The molecular formula is C19H20N2O2S. The third-order valence-electron chi connectivity index (χ3n) is 3.81. The third kappa shape index (κ3) is 3.21. The molecule has 24 heavy (non-hydrogen) atoms. The molecule has 0 spiro atoms. The summed E-state index contributed by atoms with van der Waals surface area (Å²) in [6.45, 7) is 0. The van der Waals surface area contributed by atoms with Gasteiger partial charge in [-0.3, -0.25) is 0 Å². The van der Waals surface area contributed by atoms with E-state index in [1.807, 2.05) is 32.3 Å². The summed E-state index contributed by atoms with van der Waals surface area (Å²) in [7, 11) is 7.34. The van der Waals surface area contributed by atoms with E-state index in [1.165, 1.54) is 5.69 Å². The molecule has 0 aliphatic carbocycles. The summed E-state index contributed by atoms with van der Waals surface area (Å²) >= 11 is 1.64. The zero-order valence-electron chi connectivity index (χ0n) is 14.2. The van der Waals surface area contributed by atoms with Gasteiger partial charge in [0.2, 0.25) is 0 Å². The minimum absolute atomic E-state index is 0.708. The molecule has 0 radical (unpaired) electrons. The Hall–Kier alpha value is -2.53. The molecule has 0 amide bonds. The zero-order chi connectivity index (χ0) is 17.1. The summed E-state index contributed by atoms with van der Waals surface area (Å²) in [5.74, 6) is 1.43. The molecule has 124 valence electrons. The second-order valence-corrected chi connectivity index (χ2v) is 6.41. The van der Waals surface area contributed by atoms with Crippen molar-refractivity contribution < 1.29 is 9.47 Å². The van der Waals surface area contributed by atoms with Gasteiger partial charge in [0.05, 0.1) is 19.9 Å². The SMILES string of the molecule is COc1ccc(-c2csc(-c3ccc(N(C)C)cc3)n2)cc1OC. The van der Waals surface area contributed by atoms with E-state index in [9.17, 15) is 0 Å². The molecule has 0 saturated carbocycles. The summed E-state index contributed by atoms with van der Waals surface area (Å²) in [4.78, 5) is 6.85. The van der Waals surface area contributed by atoms with Gasteiger partial charge in [0.15, 0.2) is 11.5 Å². The predicted octanol–water partition coefficient (Wildman–Crippen LogP) is 4.56. The Bertz CT molecular complexity index is 826. The number of anilines is 1. The third-order valence-corrected chi connectivity index (χ3v) is 4.71. The van der Waals surface area contributed by atoms with Crippen molar-refractivity contribution in [3.8, 4) is 33.3 Å². The fourth-order valence-electron chi connectivity index (χ4n) is 2.44. The molecule has 4 nitrogen and oxygen atoms in total. The van der Waals surface area contributed by atoms with Crippen molar-refractivity contribution in [3.05, 3.63) is 47.8 Å². The van der Waals surface area contributed by atoms with Crippen LogP contribution < -0.4 is 14.4 Å². The maximum absolute atomic E-state index is 5.37. The Morgan fingerprint density at radius 3 is 2.17 bits per heavy atom. The van der Waals surface area contributed by atoms with E-state index in [4.69, 9.17) is 14.5 Å². The van der Waals surface area contributed by atoms with E-state index < -0.39 is 0 Å². The maximum atomic E-state index is 5.37. The van der Waals surface area contributed by atoms with Gasteiger partial charge >= 0.3 is 0 Å². The first-order valence-electron chi connectivity index (χ1n) is 7.58. The number of hydrogen-bond acceptors (Lipinski definition) is 5. The van der Waals surface area contributed by atoms with E-state index >= 15 is 0 Å². The van der Waals surface area contributed by atoms with Crippen molar-refractivity contribution in [2.45, 2.75) is 0 Å². The molecule has 1 aromatic heterocycles. The molecule has 0 bridgehead atoms. The van der Waals surface area contributed by atoms with Gasteiger partial charge in [-0.25, -0.2) is 4.98 Å². The number of hydrogen-bond donors (Lipinski definition) is 0. The lowest BCUT2D eigenvalue weighted by atomic mass is 10.1. The van der Waals surface area contributed by atoms with Crippen molar-refractivity contribution in [3.63, 3.8) is 0 Å². The minimum Gasteiger partial charge on any atom is -0.493 e. The normalized spacial score (nSPS) is 10.5. The van der Waals surface area contributed by atoms with Crippen LogP contribution in [0.4, 0.5) is 5.69 Å². The highest BCUT2D eigenvalue weighted by molar-refractivity contribution is 7.13. The van der Waals surface area contributed by atoms with E-state index in [0.29, 0.717) is 5.75 Å². The van der Waals surface area contributed by atoms with Crippen molar-refractivity contribution in [2.24, 2.45) is 0 Å². The van der Waals surface area contributed by atoms with Crippen molar-refractivity contribution in [1.82, 2.24) is 4.98 Å². The average molecular weight is 340 g/mol. The standard InChI is InChI=1S/C19H20N2O2S/c1-21(2)15-8-5-13(6-9-15)19-20-16(12-24-19)14-7-10-17(22-3)18(11-14)23-4/h5-12H,1-4H3. The van der Waals surface area contributed by atoms with Gasteiger partial charge in [-0.2, -0.15) is 0 Å². The summed E-state index contributed by atoms with van der Waals surface area (Å²) in [5, 5.41) is 3.07. The number of benzene rings is 2. The molecular weight excluding hydrogens is 320 g/mol. The second kappa shape index (κ2) is 6.93. The van der Waals surface area contributed by atoms with Crippen LogP contribution in [0.1, 0.15) is 0 Å². The Labute approximate surface area is 146 Å². The first-order chi connectivity index (χ1) is 11.6. The molecule has 0 fully saturated rings. The number of rotatable bonds is 5. The molecule has 0 atom stereocenters. The van der Waals surface area contributed by atoms with Gasteiger partial charge < -0.3 is 14.4 Å². The van der Waals surface area contributed by atoms with Crippen molar-refractivity contribution in [1.29, 1.82) is 0 Å². The van der Waals surface area contributed by atoms with Crippen LogP contribution in [0.5, 0.6) is 11.5 Å². The first-order valence-corrected chi connectivity index (χ1v) is 8.46. The molecule has 0 saturated heterocycles. The number of thiazole rings is 1. The van der Waals surface area contributed by atoms with Crippen LogP contribution >= 0.6 is 11.3 Å². The summed E-state index contributed by atoms with van der Waals surface area (Å²) in [6, 6.07) is 14.3. The van der Waals surface area contributed by atoms with Crippen LogP contribution in [-0.2, 0) is 0 Å². The Kier molecular flexibility index (Phi) is 4.71. The molecule has 2 aromatic carbocycles. The molecule has 3 aromatic rings. The van der Waals surface area contributed by atoms with E-state index in [1.54, 1.807) is 25.6 Å². The smallest absolute Gasteiger partial charge is 0.161 e. The largest absolute Gasteiger partial charge is 0.493 e. The summed E-state index contributed by atoms with van der Waals surface area (Å²) < 4.78 is 10.7. The number of methoxy groups -OCH3 is 2. The van der Waals surface area contributed by atoms with Gasteiger partial charge in [-0.15, -0.1) is 11.3 Å². The fraction of sp³-hybridized carbons (Fsp3) is 0.211. The van der Waals surface area contributed by atoms with Gasteiger partial charge in [0, 0.05) is 36.3 Å². The maximum Gasteiger partial charge on any atom is 0.161 e. The lowest BCUT2D eigenvalue weighted by Gasteiger charge is -2.12. The molecule has 0 aliphatic heterocycles.